The zero-order valence-electron chi connectivity index (χ0n) is 12.5. The van der Waals surface area contributed by atoms with E-state index in [9.17, 15) is 0 Å². The van der Waals surface area contributed by atoms with Crippen LogP contribution in [0.1, 0.15) is 11.4 Å². The second-order valence-corrected chi connectivity index (χ2v) is 5.14. The van der Waals surface area contributed by atoms with Gasteiger partial charge < -0.3 is 4.57 Å². The molecule has 3 heterocycles. The van der Waals surface area contributed by atoms with E-state index >= 15 is 0 Å². The van der Waals surface area contributed by atoms with Crippen molar-refractivity contribution >= 4 is 0 Å². The van der Waals surface area contributed by atoms with Crippen molar-refractivity contribution in [1.82, 2.24) is 29.6 Å². The van der Waals surface area contributed by atoms with E-state index in [1.165, 1.54) is 0 Å². The van der Waals surface area contributed by atoms with Crippen LogP contribution in [-0.4, -0.2) is 29.6 Å². The van der Waals surface area contributed by atoms with E-state index in [2.05, 4.69) is 20.4 Å². The summed E-state index contributed by atoms with van der Waals surface area (Å²) in [6.45, 7) is 2.42. The van der Waals surface area contributed by atoms with Crippen molar-refractivity contribution in [3.63, 3.8) is 0 Å². The molecule has 0 radical (unpaired) electrons. The maximum Gasteiger partial charge on any atom is 0.159 e. The number of aryl methyl sites for hydroxylation is 1. The van der Waals surface area contributed by atoms with Crippen LogP contribution in [-0.2, 0) is 6.54 Å². The lowest BCUT2D eigenvalue weighted by atomic mass is 10.3. The Bertz CT molecular complexity index is 921. The van der Waals surface area contributed by atoms with Crippen LogP contribution in [0, 0.1) is 6.92 Å². The molecule has 114 valence electrons. The van der Waals surface area contributed by atoms with Crippen molar-refractivity contribution < 1.29 is 4.63 Å². The number of benzene rings is 1. The van der Waals surface area contributed by atoms with Crippen molar-refractivity contribution in [1.29, 1.82) is 0 Å². The van der Waals surface area contributed by atoms with E-state index in [0.717, 1.165) is 28.6 Å². The summed E-state index contributed by atoms with van der Waals surface area (Å²) in [5, 5.41) is 12.2. The maximum absolute atomic E-state index is 4.77. The van der Waals surface area contributed by atoms with Crippen molar-refractivity contribution in [2.75, 3.05) is 0 Å². The van der Waals surface area contributed by atoms with Gasteiger partial charge in [-0.15, -0.1) is 0 Å². The third-order valence-corrected chi connectivity index (χ3v) is 3.65. The monoisotopic (exact) mass is 306 g/mol. The van der Waals surface area contributed by atoms with E-state index < -0.39 is 0 Å². The number of nitrogens with zero attached hydrogens (tertiary/aromatic N) is 6. The number of hydrogen-bond acceptors (Lipinski definition) is 5. The van der Waals surface area contributed by atoms with Gasteiger partial charge in [0.15, 0.2) is 5.82 Å². The quantitative estimate of drug-likeness (QED) is 0.579. The van der Waals surface area contributed by atoms with Gasteiger partial charge in [0.2, 0.25) is 0 Å². The van der Waals surface area contributed by atoms with Gasteiger partial charge in [-0.05, 0) is 25.1 Å². The molecule has 0 aliphatic heterocycles. The highest BCUT2D eigenvalue weighted by Crippen LogP contribution is 2.21. The van der Waals surface area contributed by atoms with Crippen molar-refractivity contribution in [2.45, 2.75) is 13.5 Å². The number of imidazole rings is 1. The molecule has 0 unspecified atom stereocenters. The van der Waals surface area contributed by atoms with Crippen LogP contribution in [0.2, 0.25) is 0 Å². The Kier molecular flexibility index (Phi) is 3.23. The molecule has 0 spiro atoms. The summed E-state index contributed by atoms with van der Waals surface area (Å²) in [6, 6.07) is 11.9. The third kappa shape index (κ3) is 2.42. The first-order valence-electron chi connectivity index (χ1n) is 7.22. The molecule has 0 atom stereocenters. The normalized spacial score (nSPS) is 11.0. The van der Waals surface area contributed by atoms with Crippen molar-refractivity contribution in [3.8, 4) is 17.2 Å². The molecule has 3 aromatic heterocycles. The van der Waals surface area contributed by atoms with Gasteiger partial charge in [0.25, 0.3) is 0 Å². The fourth-order valence-electron chi connectivity index (χ4n) is 2.47. The highest BCUT2D eigenvalue weighted by Gasteiger charge is 2.15. The zero-order chi connectivity index (χ0) is 15.6. The molecule has 4 rings (SSSR count). The number of hydrogen-bond donors (Lipinski definition) is 0. The molecule has 0 saturated carbocycles. The van der Waals surface area contributed by atoms with E-state index in [1.807, 2.05) is 58.8 Å². The SMILES string of the molecule is Cc1nonc1Cn1ccnc1-c1ccnn1-c1ccccc1. The van der Waals surface area contributed by atoms with Crippen LogP contribution >= 0.6 is 0 Å². The molecule has 0 amide bonds. The summed E-state index contributed by atoms with van der Waals surface area (Å²) in [7, 11) is 0. The molecule has 0 saturated heterocycles. The first kappa shape index (κ1) is 13.4. The minimum Gasteiger partial charge on any atom is -0.323 e. The number of aromatic nitrogens is 6. The smallest absolute Gasteiger partial charge is 0.159 e. The Morgan fingerprint density at radius 2 is 1.91 bits per heavy atom. The Balaban J connectivity index is 1.75. The van der Waals surface area contributed by atoms with E-state index in [0.29, 0.717) is 6.54 Å². The van der Waals surface area contributed by atoms with Gasteiger partial charge in [0.05, 0.1) is 18.4 Å². The van der Waals surface area contributed by atoms with Gasteiger partial charge in [0, 0.05) is 12.4 Å². The lowest BCUT2D eigenvalue weighted by molar-refractivity contribution is 0.300. The topological polar surface area (TPSA) is 74.6 Å². The Labute approximate surface area is 132 Å². The van der Waals surface area contributed by atoms with Crippen LogP contribution in [0.4, 0.5) is 0 Å². The van der Waals surface area contributed by atoms with Crippen molar-refractivity contribution in [3.05, 3.63) is 66.4 Å². The van der Waals surface area contributed by atoms with Crippen LogP contribution in [0.3, 0.4) is 0 Å². The number of para-hydroxylation sites is 1. The van der Waals surface area contributed by atoms with Gasteiger partial charge in [-0.1, -0.05) is 28.5 Å². The summed E-state index contributed by atoms with van der Waals surface area (Å²) >= 11 is 0. The van der Waals surface area contributed by atoms with Gasteiger partial charge in [-0.3, -0.25) is 0 Å². The average Bonchev–Trinajstić information content (AvgIpc) is 3.30. The van der Waals surface area contributed by atoms with E-state index in [4.69, 9.17) is 4.63 Å². The lowest BCUT2D eigenvalue weighted by Crippen LogP contribution is -2.06. The lowest BCUT2D eigenvalue weighted by Gasteiger charge is -2.09. The highest BCUT2D eigenvalue weighted by molar-refractivity contribution is 5.54. The minimum absolute atomic E-state index is 0.546. The predicted molar refractivity (Wildman–Crippen MR) is 82.9 cm³/mol. The molecule has 7 nitrogen and oxygen atoms in total. The van der Waals surface area contributed by atoms with Crippen LogP contribution in [0.15, 0.2) is 59.6 Å². The third-order valence-electron chi connectivity index (χ3n) is 3.65. The largest absolute Gasteiger partial charge is 0.323 e. The Morgan fingerprint density at radius 1 is 1.04 bits per heavy atom. The van der Waals surface area contributed by atoms with E-state index in [-0.39, 0.29) is 0 Å². The molecule has 0 aliphatic rings. The first-order chi connectivity index (χ1) is 11.3. The Hall–Kier alpha value is -3.22. The molecule has 7 heteroatoms. The Morgan fingerprint density at radius 3 is 2.70 bits per heavy atom. The molecule has 4 aromatic rings. The van der Waals surface area contributed by atoms with Crippen LogP contribution in [0.25, 0.3) is 17.2 Å². The summed E-state index contributed by atoms with van der Waals surface area (Å²) in [4.78, 5) is 4.48. The molecular weight excluding hydrogens is 292 g/mol. The average molecular weight is 306 g/mol. The molecule has 0 bridgehead atoms. The van der Waals surface area contributed by atoms with E-state index in [1.54, 1.807) is 12.4 Å². The van der Waals surface area contributed by atoms with Gasteiger partial charge in [-0.2, -0.15) is 5.10 Å². The zero-order valence-corrected chi connectivity index (χ0v) is 12.5. The molecule has 0 fully saturated rings. The van der Waals surface area contributed by atoms with Crippen molar-refractivity contribution in [2.24, 2.45) is 0 Å². The predicted octanol–water partition coefficient (Wildman–Crippen LogP) is 2.48. The highest BCUT2D eigenvalue weighted by atomic mass is 16.6. The fraction of sp³-hybridized carbons (Fsp3) is 0.125. The van der Waals surface area contributed by atoms with Gasteiger partial charge in [-0.25, -0.2) is 14.3 Å². The van der Waals surface area contributed by atoms with Gasteiger partial charge >= 0.3 is 0 Å². The number of rotatable bonds is 4. The summed E-state index contributed by atoms with van der Waals surface area (Å²) in [6.07, 6.45) is 5.44. The fourth-order valence-corrected chi connectivity index (χ4v) is 2.47. The maximum atomic E-state index is 4.77. The minimum atomic E-state index is 0.546. The second kappa shape index (κ2) is 5.53. The molecule has 23 heavy (non-hydrogen) atoms. The summed E-state index contributed by atoms with van der Waals surface area (Å²) < 4.78 is 8.64. The summed E-state index contributed by atoms with van der Waals surface area (Å²) in [5.74, 6) is 0.814. The summed E-state index contributed by atoms with van der Waals surface area (Å²) in [5.41, 5.74) is 3.47. The standard InChI is InChI=1S/C16H14N6O/c1-12-14(20-23-19-12)11-21-10-9-17-16(21)15-7-8-18-22(15)13-5-3-2-4-6-13/h2-10H,11H2,1H3. The second-order valence-electron chi connectivity index (χ2n) is 5.14. The van der Waals surface area contributed by atoms with Gasteiger partial charge in [0.1, 0.15) is 17.1 Å². The molecular formula is C16H14N6O. The molecule has 0 aliphatic carbocycles. The van der Waals surface area contributed by atoms with Crippen LogP contribution in [0.5, 0.6) is 0 Å². The molecule has 0 N–H and O–H groups in total. The first-order valence-corrected chi connectivity index (χ1v) is 7.22. The van der Waals surface area contributed by atoms with Crippen LogP contribution < -0.4 is 0 Å². The molecule has 1 aromatic carbocycles.